The van der Waals surface area contributed by atoms with E-state index >= 15 is 0 Å². The van der Waals surface area contributed by atoms with Gasteiger partial charge < -0.3 is 5.32 Å². The van der Waals surface area contributed by atoms with Crippen molar-refractivity contribution in [2.24, 2.45) is 0 Å². The molecule has 4 nitrogen and oxygen atoms in total. The van der Waals surface area contributed by atoms with Crippen LogP contribution in [0.25, 0.3) is 10.6 Å². The Morgan fingerprint density at radius 1 is 1.18 bits per heavy atom. The SMILES string of the molecule is O=C(Cc1ccsc1)NCCc1csc(-c2ccncc2)n1. The van der Waals surface area contributed by atoms with Gasteiger partial charge in [-0.1, -0.05) is 0 Å². The highest BCUT2D eigenvalue weighted by molar-refractivity contribution is 7.13. The Balaban J connectivity index is 1.48. The Bertz CT molecular complexity index is 723. The van der Waals surface area contributed by atoms with Crippen molar-refractivity contribution < 1.29 is 4.79 Å². The first kappa shape index (κ1) is 14.9. The predicted octanol–water partition coefficient (Wildman–Crippen LogP) is 3.17. The molecule has 0 bridgehead atoms. The van der Waals surface area contributed by atoms with Gasteiger partial charge in [0, 0.05) is 36.3 Å². The minimum Gasteiger partial charge on any atom is -0.355 e. The Hall–Kier alpha value is -2.05. The number of hydrogen-bond acceptors (Lipinski definition) is 5. The van der Waals surface area contributed by atoms with Crippen LogP contribution in [0, 0.1) is 0 Å². The van der Waals surface area contributed by atoms with Gasteiger partial charge in [-0.3, -0.25) is 9.78 Å². The van der Waals surface area contributed by atoms with Crippen LogP contribution in [0.3, 0.4) is 0 Å². The molecule has 3 aromatic heterocycles. The summed E-state index contributed by atoms with van der Waals surface area (Å²) in [6.45, 7) is 0.614. The molecule has 6 heteroatoms. The lowest BCUT2D eigenvalue weighted by Gasteiger charge is -2.02. The van der Waals surface area contributed by atoms with Crippen molar-refractivity contribution in [3.63, 3.8) is 0 Å². The Labute approximate surface area is 136 Å². The van der Waals surface area contributed by atoms with E-state index in [9.17, 15) is 4.79 Å². The number of nitrogens with one attached hydrogen (secondary N) is 1. The second-order valence-corrected chi connectivity index (χ2v) is 6.43. The molecule has 0 aliphatic rings. The number of pyridine rings is 1. The molecule has 0 unspecified atom stereocenters. The van der Waals surface area contributed by atoms with E-state index in [1.165, 1.54) is 0 Å². The summed E-state index contributed by atoms with van der Waals surface area (Å²) < 4.78 is 0. The van der Waals surface area contributed by atoms with Crippen molar-refractivity contribution >= 4 is 28.6 Å². The molecule has 112 valence electrons. The van der Waals surface area contributed by atoms with Gasteiger partial charge in [-0.2, -0.15) is 11.3 Å². The number of carbonyl (C=O) groups is 1. The summed E-state index contributed by atoms with van der Waals surface area (Å²) in [7, 11) is 0. The maximum absolute atomic E-state index is 11.8. The molecule has 22 heavy (non-hydrogen) atoms. The standard InChI is InChI=1S/C16H15N3OS2/c20-15(9-12-4-8-21-10-12)18-7-3-14-11-22-16(19-14)13-1-5-17-6-2-13/h1-2,4-6,8,10-11H,3,7,9H2,(H,18,20). The van der Waals surface area contributed by atoms with Gasteiger partial charge in [0.05, 0.1) is 12.1 Å². The van der Waals surface area contributed by atoms with Gasteiger partial charge in [-0.15, -0.1) is 11.3 Å². The third-order valence-corrected chi connectivity index (χ3v) is 4.80. The summed E-state index contributed by atoms with van der Waals surface area (Å²) in [5.41, 5.74) is 3.15. The molecule has 1 N–H and O–H groups in total. The van der Waals surface area contributed by atoms with Crippen LogP contribution in [0.4, 0.5) is 0 Å². The lowest BCUT2D eigenvalue weighted by atomic mass is 10.2. The van der Waals surface area contributed by atoms with Gasteiger partial charge in [-0.05, 0) is 34.5 Å². The van der Waals surface area contributed by atoms with Crippen LogP contribution < -0.4 is 5.32 Å². The van der Waals surface area contributed by atoms with Crippen LogP contribution in [0.2, 0.25) is 0 Å². The molecule has 0 aliphatic carbocycles. The summed E-state index contributed by atoms with van der Waals surface area (Å²) in [4.78, 5) is 20.4. The van der Waals surface area contributed by atoms with Crippen molar-refractivity contribution in [2.75, 3.05) is 6.54 Å². The van der Waals surface area contributed by atoms with Crippen molar-refractivity contribution in [2.45, 2.75) is 12.8 Å². The zero-order valence-corrected chi connectivity index (χ0v) is 13.5. The molecule has 0 aliphatic heterocycles. The third kappa shape index (κ3) is 3.99. The highest BCUT2D eigenvalue weighted by Crippen LogP contribution is 2.22. The van der Waals surface area contributed by atoms with E-state index in [-0.39, 0.29) is 5.91 Å². The number of aromatic nitrogens is 2. The summed E-state index contributed by atoms with van der Waals surface area (Å²) in [5, 5.41) is 9.95. The average Bonchev–Trinajstić information content (AvgIpc) is 3.20. The molecule has 3 rings (SSSR count). The fourth-order valence-corrected chi connectivity index (χ4v) is 3.55. The zero-order valence-electron chi connectivity index (χ0n) is 11.9. The first-order chi connectivity index (χ1) is 10.8. The first-order valence-electron chi connectivity index (χ1n) is 6.94. The van der Waals surface area contributed by atoms with Gasteiger partial charge in [0.15, 0.2) is 0 Å². The van der Waals surface area contributed by atoms with Gasteiger partial charge in [0.25, 0.3) is 0 Å². The quantitative estimate of drug-likeness (QED) is 0.756. The molecule has 0 saturated heterocycles. The number of nitrogens with zero attached hydrogens (tertiary/aromatic N) is 2. The third-order valence-electron chi connectivity index (χ3n) is 3.13. The molecule has 1 amide bonds. The molecule has 0 spiro atoms. The van der Waals surface area contributed by atoms with E-state index in [4.69, 9.17) is 0 Å². The highest BCUT2D eigenvalue weighted by atomic mass is 32.1. The van der Waals surface area contributed by atoms with E-state index in [1.54, 1.807) is 35.1 Å². The minimum atomic E-state index is 0.0583. The van der Waals surface area contributed by atoms with Crippen LogP contribution in [0.1, 0.15) is 11.3 Å². The van der Waals surface area contributed by atoms with E-state index < -0.39 is 0 Å². The maximum Gasteiger partial charge on any atom is 0.224 e. The summed E-state index contributed by atoms with van der Waals surface area (Å²) in [6, 6.07) is 5.88. The Kier molecular flexibility index (Phi) is 4.92. The highest BCUT2D eigenvalue weighted by Gasteiger charge is 2.06. The lowest BCUT2D eigenvalue weighted by Crippen LogP contribution is -2.27. The van der Waals surface area contributed by atoms with Crippen molar-refractivity contribution in [1.82, 2.24) is 15.3 Å². The topological polar surface area (TPSA) is 54.9 Å². The van der Waals surface area contributed by atoms with E-state index in [2.05, 4.69) is 15.3 Å². The Morgan fingerprint density at radius 2 is 2.05 bits per heavy atom. The molecular weight excluding hydrogens is 314 g/mol. The van der Waals surface area contributed by atoms with Crippen LogP contribution >= 0.6 is 22.7 Å². The summed E-state index contributed by atoms with van der Waals surface area (Å²) >= 11 is 3.22. The van der Waals surface area contributed by atoms with E-state index in [0.717, 1.165) is 28.2 Å². The molecule has 0 radical (unpaired) electrons. The van der Waals surface area contributed by atoms with E-state index in [1.807, 2.05) is 34.3 Å². The zero-order chi connectivity index (χ0) is 15.2. The minimum absolute atomic E-state index is 0.0583. The van der Waals surface area contributed by atoms with Gasteiger partial charge in [-0.25, -0.2) is 4.98 Å². The number of thiazole rings is 1. The Morgan fingerprint density at radius 3 is 2.82 bits per heavy atom. The van der Waals surface area contributed by atoms with Crippen LogP contribution in [0.5, 0.6) is 0 Å². The molecule has 3 aromatic rings. The van der Waals surface area contributed by atoms with Gasteiger partial charge in [0.2, 0.25) is 5.91 Å². The number of rotatable bonds is 6. The van der Waals surface area contributed by atoms with Crippen LogP contribution in [-0.2, 0) is 17.6 Å². The first-order valence-corrected chi connectivity index (χ1v) is 8.76. The molecule has 0 aromatic carbocycles. The number of thiophene rings is 1. The second kappa shape index (κ2) is 7.29. The van der Waals surface area contributed by atoms with Crippen LogP contribution in [0.15, 0.2) is 46.7 Å². The molecule has 0 fully saturated rings. The monoisotopic (exact) mass is 329 g/mol. The van der Waals surface area contributed by atoms with Crippen LogP contribution in [-0.4, -0.2) is 22.4 Å². The molecule has 0 atom stereocenters. The van der Waals surface area contributed by atoms with Crippen molar-refractivity contribution in [1.29, 1.82) is 0 Å². The molecule has 0 saturated carbocycles. The fraction of sp³-hybridized carbons (Fsp3) is 0.188. The lowest BCUT2D eigenvalue weighted by molar-refractivity contribution is -0.120. The van der Waals surface area contributed by atoms with Crippen molar-refractivity contribution in [3.8, 4) is 10.6 Å². The second-order valence-electron chi connectivity index (χ2n) is 4.79. The summed E-state index contributed by atoms with van der Waals surface area (Å²) in [5.74, 6) is 0.0583. The number of hydrogen-bond donors (Lipinski definition) is 1. The number of carbonyl (C=O) groups excluding carboxylic acids is 1. The largest absolute Gasteiger partial charge is 0.355 e. The smallest absolute Gasteiger partial charge is 0.224 e. The number of amides is 1. The van der Waals surface area contributed by atoms with Gasteiger partial charge in [0.1, 0.15) is 5.01 Å². The molecular formula is C16H15N3OS2. The predicted molar refractivity (Wildman–Crippen MR) is 90.1 cm³/mol. The molecule has 3 heterocycles. The summed E-state index contributed by atoms with van der Waals surface area (Å²) in [6.07, 6.45) is 4.72. The average molecular weight is 329 g/mol. The normalized spacial score (nSPS) is 10.5. The van der Waals surface area contributed by atoms with Gasteiger partial charge >= 0.3 is 0 Å². The van der Waals surface area contributed by atoms with Crippen molar-refractivity contribution in [3.05, 3.63) is 58.0 Å². The maximum atomic E-state index is 11.8. The fourth-order valence-electron chi connectivity index (χ4n) is 2.02. The van der Waals surface area contributed by atoms with E-state index in [0.29, 0.717) is 13.0 Å².